The van der Waals surface area contributed by atoms with E-state index in [0.717, 1.165) is 12.1 Å². The van der Waals surface area contributed by atoms with E-state index < -0.39 is 12.4 Å². The first-order chi connectivity index (χ1) is 9.61. The van der Waals surface area contributed by atoms with Crippen LogP contribution < -0.4 is 0 Å². The molecule has 0 aliphatic heterocycles. The Balaban J connectivity index is 2.04. The third-order valence-corrected chi connectivity index (χ3v) is 4.05. The Morgan fingerprint density at radius 2 is 2.30 bits per heavy atom. The van der Waals surface area contributed by atoms with Crippen LogP contribution >= 0.6 is 11.3 Å². The van der Waals surface area contributed by atoms with Crippen molar-refractivity contribution in [3.05, 3.63) is 28.0 Å². The number of ether oxygens (including phenoxy) is 1. The van der Waals surface area contributed by atoms with Crippen molar-refractivity contribution in [1.29, 1.82) is 0 Å². The Bertz CT molecular complexity index is 666. The lowest BCUT2D eigenvalue weighted by molar-refractivity contribution is 0.0595. The smallest absolute Gasteiger partial charge is 0.357 e. The molecule has 0 saturated carbocycles. The highest BCUT2D eigenvalue weighted by molar-refractivity contribution is 7.12. The molecule has 2 heterocycles. The minimum absolute atomic E-state index is 0.161. The summed E-state index contributed by atoms with van der Waals surface area (Å²) in [5.74, 6) is -0.551. The van der Waals surface area contributed by atoms with Gasteiger partial charge in [-0.1, -0.05) is 0 Å². The van der Waals surface area contributed by atoms with Gasteiger partial charge in [-0.05, 0) is 19.3 Å². The van der Waals surface area contributed by atoms with Gasteiger partial charge in [0.05, 0.1) is 12.8 Å². The van der Waals surface area contributed by atoms with Crippen LogP contribution in [0.3, 0.4) is 0 Å². The number of hydrogen-bond donors (Lipinski definition) is 0. The zero-order valence-electron chi connectivity index (χ0n) is 10.6. The molecule has 20 heavy (non-hydrogen) atoms. The van der Waals surface area contributed by atoms with Crippen LogP contribution in [0.1, 0.15) is 40.3 Å². The molecule has 2 aromatic heterocycles. The largest absolute Gasteiger partial charge is 0.464 e. The standard InChI is InChI=1S/C12H11F2N3O2S/c1-19-11(18)7-5-20-12(15-7)17-8-4-2-3-6(8)9(16-17)10(13)14/h5,10H,2-4H2,1H3. The summed E-state index contributed by atoms with van der Waals surface area (Å²) in [7, 11) is 1.27. The SMILES string of the molecule is COC(=O)c1csc(-n2nc(C(F)F)c3c2CCC3)n1. The first-order valence-electron chi connectivity index (χ1n) is 6.05. The van der Waals surface area contributed by atoms with Crippen LogP contribution in [0.15, 0.2) is 5.38 Å². The highest BCUT2D eigenvalue weighted by Crippen LogP contribution is 2.33. The number of thiazole rings is 1. The monoisotopic (exact) mass is 299 g/mol. The number of hydrogen-bond acceptors (Lipinski definition) is 5. The molecule has 0 bridgehead atoms. The molecule has 0 aromatic carbocycles. The molecule has 1 aliphatic rings. The molecular formula is C12H11F2N3O2S. The Hall–Kier alpha value is -1.83. The normalized spacial score (nSPS) is 13.8. The van der Waals surface area contributed by atoms with E-state index in [4.69, 9.17) is 0 Å². The van der Waals surface area contributed by atoms with Crippen molar-refractivity contribution in [3.8, 4) is 5.13 Å². The molecule has 0 radical (unpaired) electrons. The van der Waals surface area contributed by atoms with Crippen LogP contribution in [0.2, 0.25) is 0 Å². The number of esters is 1. The first-order valence-corrected chi connectivity index (χ1v) is 6.92. The maximum Gasteiger partial charge on any atom is 0.357 e. The number of carbonyl (C=O) groups is 1. The van der Waals surface area contributed by atoms with Gasteiger partial charge in [0, 0.05) is 10.9 Å². The molecular weight excluding hydrogens is 288 g/mol. The molecule has 1 aliphatic carbocycles. The van der Waals surface area contributed by atoms with Gasteiger partial charge in [0.2, 0.25) is 5.13 Å². The second-order valence-electron chi connectivity index (χ2n) is 4.38. The summed E-state index contributed by atoms with van der Waals surface area (Å²) in [5.41, 5.74) is 1.38. The van der Waals surface area contributed by atoms with Crippen molar-refractivity contribution in [3.63, 3.8) is 0 Å². The number of carbonyl (C=O) groups excluding carboxylic acids is 1. The summed E-state index contributed by atoms with van der Waals surface area (Å²) in [4.78, 5) is 15.5. The fraction of sp³-hybridized carbons (Fsp3) is 0.417. The van der Waals surface area contributed by atoms with Crippen molar-refractivity contribution in [2.24, 2.45) is 0 Å². The lowest BCUT2D eigenvalue weighted by atomic mass is 10.2. The van der Waals surface area contributed by atoms with E-state index in [0.29, 0.717) is 23.5 Å². The van der Waals surface area contributed by atoms with Crippen LogP contribution in [-0.4, -0.2) is 27.8 Å². The quantitative estimate of drug-likeness (QED) is 0.817. The van der Waals surface area contributed by atoms with Crippen LogP contribution in [0, 0.1) is 0 Å². The lowest BCUT2D eigenvalue weighted by Gasteiger charge is -2.00. The van der Waals surface area contributed by atoms with Crippen LogP contribution in [-0.2, 0) is 17.6 Å². The average molecular weight is 299 g/mol. The van der Waals surface area contributed by atoms with Gasteiger partial charge >= 0.3 is 5.97 Å². The number of halogens is 2. The molecule has 0 N–H and O–H groups in total. The van der Waals surface area contributed by atoms with Crippen molar-refractivity contribution in [2.45, 2.75) is 25.7 Å². The van der Waals surface area contributed by atoms with Crippen LogP contribution in [0.5, 0.6) is 0 Å². The zero-order valence-corrected chi connectivity index (χ0v) is 11.4. The van der Waals surface area contributed by atoms with E-state index in [9.17, 15) is 13.6 Å². The summed E-state index contributed by atoms with van der Waals surface area (Å²) < 4.78 is 32.0. The molecule has 5 nitrogen and oxygen atoms in total. The molecule has 3 rings (SSSR count). The highest BCUT2D eigenvalue weighted by atomic mass is 32.1. The maximum absolute atomic E-state index is 13.0. The maximum atomic E-state index is 13.0. The van der Waals surface area contributed by atoms with Gasteiger partial charge in [0.1, 0.15) is 5.69 Å². The molecule has 2 aromatic rings. The highest BCUT2D eigenvalue weighted by Gasteiger charge is 2.28. The summed E-state index contributed by atoms with van der Waals surface area (Å²) in [6.45, 7) is 0. The first kappa shape index (κ1) is 13.2. The van der Waals surface area contributed by atoms with Crippen molar-refractivity contribution < 1.29 is 18.3 Å². The Labute approximate surface area is 117 Å². The minimum Gasteiger partial charge on any atom is -0.464 e. The van der Waals surface area contributed by atoms with Gasteiger partial charge < -0.3 is 4.74 Å². The molecule has 0 saturated heterocycles. The predicted molar refractivity (Wildman–Crippen MR) is 67.6 cm³/mol. The average Bonchev–Trinajstić information content (AvgIpc) is 3.11. The third kappa shape index (κ3) is 2.00. The second-order valence-corrected chi connectivity index (χ2v) is 5.22. The van der Waals surface area contributed by atoms with E-state index in [1.165, 1.54) is 28.5 Å². The molecule has 106 valence electrons. The van der Waals surface area contributed by atoms with E-state index in [-0.39, 0.29) is 11.4 Å². The van der Waals surface area contributed by atoms with Gasteiger partial charge in [0.15, 0.2) is 5.69 Å². The minimum atomic E-state index is -2.59. The van der Waals surface area contributed by atoms with Gasteiger partial charge in [-0.3, -0.25) is 0 Å². The number of aromatic nitrogens is 3. The summed E-state index contributed by atoms with van der Waals surface area (Å²) in [6, 6.07) is 0. The van der Waals surface area contributed by atoms with Crippen LogP contribution in [0.4, 0.5) is 8.78 Å². The molecule has 0 spiro atoms. The Kier molecular flexibility index (Phi) is 3.25. The predicted octanol–water partition coefficient (Wildman–Crippen LogP) is 2.54. The number of alkyl halides is 2. The lowest BCUT2D eigenvalue weighted by Crippen LogP contribution is -2.05. The van der Waals surface area contributed by atoms with Gasteiger partial charge in [-0.25, -0.2) is 23.2 Å². The van der Waals surface area contributed by atoms with E-state index in [1.807, 2.05) is 0 Å². The summed E-state index contributed by atoms with van der Waals surface area (Å²) in [6.07, 6.45) is -0.447. The number of methoxy groups -OCH3 is 1. The summed E-state index contributed by atoms with van der Waals surface area (Å²) >= 11 is 1.18. The van der Waals surface area contributed by atoms with Gasteiger partial charge in [-0.15, -0.1) is 11.3 Å². The van der Waals surface area contributed by atoms with Gasteiger partial charge in [-0.2, -0.15) is 5.10 Å². The third-order valence-electron chi connectivity index (χ3n) is 3.24. The van der Waals surface area contributed by atoms with Gasteiger partial charge in [0.25, 0.3) is 6.43 Å². The van der Waals surface area contributed by atoms with E-state index in [1.54, 1.807) is 0 Å². The fourth-order valence-corrected chi connectivity index (χ4v) is 3.13. The molecule has 0 amide bonds. The van der Waals surface area contributed by atoms with Crippen molar-refractivity contribution in [1.82, 2.24) is 14.8 Å². The zero-order chi connectivity index (χ0) is 14.3. The molecule has 0 fully saturated rings. The second kappa shape index (κ2) is 4.93. The number of fused-ring (bicyclic) bond motifs is 1. The number of nitrogens with zero attached hydrogens (tertiary/aromatic N) is 3. The fourth-order valence-electron chi connectivity index (χ4n) is 2.36. The van der Waals surface area contributed by atoms with E-state index in [2.05, 4.69) is 14.8 Å². The number of rotatable bonds is 3. The van der Waals surface area contributed by atoms with Crippen molar-refractivity contribution >= 4 is 17.3 Å². The molecule has 0 atom stereocenters. The summed E-state index contributed by atoms with van der Waals surface area (Å²) in [5, 5.41) is 5.91. The van der Waals surface area contributed by atoms with Crippen LogP contribution in [0.25, 0.3) is 5.13 Å². The van der Waals surface area contributed by atoms with Crippen molar-refractivity contribution in [2.75, 3.05) is 7.11 Å². The topological polar surface area (TPSA) is 57.0 Å². The Morgan fingerprint density at radius 1 is 1.50 bits per heavy atom. The van der Waals surface area contributed by atoms with E-state index >= 15 is 0 Å². The Morgan fingerprint density at radius 3 is 3.00 bits per heavy atom. The molecule has 8 heteroatoms. The molecule has 0 unspecified atom stereocenters.